The molecule has 0 spiro atoms. The molecule has 4 nitrogen and oxygen atoms in total. The first-order valence-corrected chi connectivity index (χ1v) is 5.60. The molecule has 0 amide bonds. The topological polar surface area (TPSA) is 60.7 Å². The molecule has 0 aromatic heterocycles. The van der Waals surface area contributed by atoms with Gasteiger partial charge in [-0.05, 0) is 6.42 Å². The largest absolute Gasteiger partial charge is 0.775 e. The van der Waals surface area contributed by atoms with Crippen LogP contribution in [0.1, 0.15) is 19.8 Å². The number of hydrogen-bond acceptors (Lipinski definition) is 3. The van der Waals surface area contributed by atoms with Crippen LogP contribution in [0.5, 0.6) is 0 Å². The predicted molar refractivity (Wildman–Crippen MR) is 44.3 cm³/mol. The molecule has 3 N–H and O–H groups in total. The molecule has 0 bridgehead atoms. The van der Waals surface area contributed by atoms with Crippen molar-refractivity contribution in [1.29, 1.82) is 0 Å². The average molecular weight is 180 g/mol. The van der Waals surface area contributed by atoms with Gasteiger partial charge in [-0.2, -0.15) is 0 Å². The Morgan fingerprint density at radius 3 is 1.91 bits per heavy atom. The molecule has 0 aromatic rings. The second-order valence-electron chi connectivity index (χ2n) is 3.36. The van der Waals surface area contributed by atoms with E-state index >= 15 is 0 Å². The minimum Gasteiger partial charge on any atom is -0.341 e. The molecule has 0 unspecified atom stereocenters. The van der Waals surface area contributed by atoms with Gasteiger partial charge in [0.05, 0.1) is 20.6 Å². The van der Waals surface area contributed by atoms with Crippen LogP contribution >= 0.6 is 0 Å². The van der Waals surface area contributed by atoms with E-state index in [4.69, 9.17) is 14.4 Å². The van der Waals surface area contributed by atoms with Crippen LogP contribution in [0.3, 0.4) is 0 Å². The highest BCUT2D eigenvalue weighted by atomic mass is 28.4. The monoisotopic (exact) mass is 180 g/mol. The van der Waals surface area contributed by atoms with Crippen LogP contribution in [0.25, 0.3) is 0 Å². The van der Waals surface area contributed by atoms with Crippen molar-refractivity contribution in [3.8, 4) is 0 Å². The van der Waals surface area contributed by atoms with Crippen molar-refractivity contribution < 1.29 is 18.5 Å². The van der Waals surface area contributed by atoms with Crippen LogP contribution in [0.2, 0.25) is 0 Å². The van der Waals surface area contributed by atoms with E-state index in [0.717, 1.165) is 12.8 Å². The Morgan fingerprint density at radius 1 is 1.18 bits per heavy atom. The van der Waals surface area contributed by atoms with Gasteiger partial charge in [-0.1, -0.05) is 13.3 Å². The minimum absolute atomic E-state index is 0.0686. The summed E-state index contributed by atoms with van der Waals surface area (Å²) in [5, 5.41) is 0. The Balaban J connectivity index is 4.00. The summed E-state index contributed by atoms with van der Waals surface area (Å²) in [4.78, 5) is 27.0. The number of nitrogens with zero attached hydrogens (tertiary/aromatic N) is 1. The summed E-state index contributed by atoms with van der Waals surface area (Å²) in [7, 11) is -0.731. The number of hydrogen-bond donors (Lipinski definition) is 3. The minimum atomic E-state index is -3.98. The van der Waals surface area contributed by atoms with Gasteiger partial charge in [-0.15, -0.1) is 0 Å². The van der Waals surface area contributed by atoms with Crippen molar-refractivity contribution in [1.82, 2.24) is 0 Å². The number of quaternary nitrogens is 1. The fraction of sp³-hybridized carbons (Fsp3) is 1.00. The first kappa shape index (κ1) is 11.1. The normalized spacial score (nSPS) is 13.6. The second kappa shape index (κ2) is 3.64. The first-order valence-electron chi connectivity index (χ1n) is 3.81. The second-order valence-corrected chi connectivity index (χ2v) is 5.77. The van der Waals surface area contributed by atoms with E-state index in [0.29, 0.717) is 6.54 Å². The third-order valence-electron chi connectivity index (χ3n) is 1.88. The van der Waals surface area contributed by atoms with E-state index in [1.807, 2.05) is 6.92 Å². The molecular weight excluding hydrogens is 162 g/mol. The van der Waals surface area contributed by atoms with Gasteiger partial charge in [0, 0.05) is 0 Å². The summed E-state index contributed by atoms with van der Waals surface area (Å²) in [5.74, 6) is 0. The van der Waals surface area contributed by atoms with Crippen LogP contribution in [0, 0.1) is 0 Å². The standard InChI is InChI=1S/C6H18NO3Si/c1-4-5-6-7(2,3)11(8,9)10/h8-10H,4-6H2,1-3H3/q+1. The molecule has 0 aliphatic rings. The molecule has 0 aromatic carbocycles. The van der Waals surface area contributed by atoms with Gasteiger partial charge in [0.2, 0.25) is 0 Å². The summed E-state index contributed by atoms with van der Waals surface area (Å²) < 4.78 is -0.0686. The smallest absolute Gasteiger partial charge is 0.341 e. The zero-order chi connectivity index (χ0) is 9.12. The van der Waals surface area contributed by atoms with Gasteiger partial charge in [0.15, 0.2) is 0 Å². The lowest BCUT2D eigenvalue weighted by molar-refractivity contribution is -0.818. The quantitative estimate of drug-likeness (QED) is 0.500. The fourth-order valence-electron chi connectivity index (χ4n) is 0.703. The van der Waals surface area contributed by atoms with Crippen LogP contribution in [0.15, 0.2) is 0 Å². The maximum Gasteiger partial charge on any atom is 0.775 e. The lowest BCUT2D eigenvalue weighted by atomic mass is 10.3. The summed E-state index contributed by atoms with van der Waals surface area (Å²) in [6.07, 6.45) is 1.88. The van der Waals surface area contributed by atoms with Crippen LogP contribution in [-0.4, -0.2) is 48.1 Å². The summed E-state index contributed by atoms with van der Waals surface area (Å²) in [5.41, 5.74) is 0. The average Bonchev–Trinajstić information content (AvgIpc) is 1.81. The Hall–Kier alpha value is 0.0569. The SMILES string of the molecule is CCCC[N+](C)(C)[Si](O)(O)O. The van der Waals surface area contributed by atoms with Crippen molar-refractivity contribution in [2.24, 2.45) is 0 Å². The molecular formula is C6H18NO3Si+. The molecule has 0 aliphatic heterocycles. The zero-order valence-electron chi connectivity index (χ0n) is 7.41. The van der Waals surface area contributed by atoms with Gasteiger partial charge < -0.3 is 18.5 Å². The fourth-order valence-corrected chi connectivity index (χ4v) is 1.16. The molecule has 0 fully saturated rings. The van der Waals surface area contributed by atoms with E-state index in [9.17, 15) is 0 Å². The molecule has 0 heterocycles. The van der Waals surface area contributed by atoms with Crippen molar-refractivity contribution in [2.75, 3.05) is 20.6 Å². The highest BCUT2D eigenvalue weighted by Crippen LogP contribution is 2.08. The van der Waals surface area contributed by atoms with Crippen LogP contribution < -0.4 is 0 Å². The summed E-state index contributed by atoms with van der Waals surface area (Å²) in [6.45, 7) is 2.63. The number of rotatable bonds is 4. The van der Waals surface area contributed by atoms with Gasteiger partial charge in [-0.3, -0.25) is 0 Å². The van der Waals surface area contributed by atoms with E-state index in [1.54, 1.807) is 14.1 Å². The Morgan fingerprint density at radius 2 is 1.64 bits per heavy atom. The van der Waals surface area contributed by atoms with Crippen LogP contribution in [-0.2, 0) is 0 Å². The zero-order valence-corrected chi connectivity index (χ0v) is 8.41. The molecule has 0 saturated heterocycles. The molecule has 0 saturated carbocycles. The lowest BCUT2D eigenvalue weighted by Gasteiger charge is -2.33. The molecule has 68 valence electrons. The number of unbranched alkanes of at least 4 members (excludes halogenated alkanes) is 1. The van der Waals surface area contributed by atoms with Crippen molar-refractivity contribution in [3.63, 3.8) is 0 Å². The lowest BCUT2D eigenvalue weighted by Crippen LogP contribution is -2.65. The van der Waals surface area contributed by atoms with Gasteiger partial charge in [-0.25, -0.2) is 0 Å². The van der Waals surface area contributed by atoms with Crippen molar-refractivity contribution >= 4 is 8.97 Å². The third-order valence-corrected chi connectivity index (χ3v) is 3.73. The maximum atomic E-state index is 8.99. The van der Waals surface area contributed by atoms with Crippen molar-refractivity contribution in [3.05, 3.63) is 0 Å². The van der Waals surface area contributed by atoms with E-state index in [2.05, 4.69) is 0 Å². The maximum absolute atomic E-state index is 8.99. The van der Waals surface area contributed by atoms with E-state index in [-0.39, 0.29) is 4.15 Å². The Bertz CT molecular complexity index is 121. The molecule has 0 aliphatic carbocycles. The molecule has 0 atom stereocenters. The van der Waals surface area contributed by atoms with Crippen molar-refractivity contribution in [2.45, 2.75) is 19.8 Å². The summed E-state index contributed by atoms with van der Waals surface area (Å²) >= 11 is 0. The first-order chi connectivity index (χ1) is 4.81. The van der Waals surface area contributed by atoms with E-state index in [1.165, 1.54) is 0 Å². The third kappa shape index (κ3) is 3.30. The van der Waals surface area contributed by atoms with E-state index < -0.39 is 8.97 Å². The molecule has 5 heteroatoms. The van der Waals surface area contributed by atoms with Crippen LogP contribution in [0.4, 0.5) is 0 Å². The van der Waals surface area contributed by atoms with Gasteiger partial charge >= 0.3 is 8.97 Å². The molecule has 0 radical (unpaired) electrons. The Kier molecular flexibility index (Phi) is 3.66. The predicted octanol–water partition coefficient (Wildman–Crippen LogP) is -0.725. The highest BCUT2D eigenvalue weighted by molar-refractivity contribution is 6.47. The molecule has 11 heavy (non-hydrogen) atoms. The highest BCUT2D eigenvalue weighted by Gasteiger charge is 2.51. The summed E-state index contributed by atoms with van der Waals surface area (Å²) in [6, 6.07) is 0. The Labute approximate surface area is 68.7 Å². The van der Waals surface area contributed by atoms with Gasteiger partial charge in [0.25, 0.3) is 0 Å². The molecule has 0 rings (SSSR count). The van der Waals surface area contributed by atoms with Gasteiger partial charge in [0.1, 0.15) is 0 Å².